The Labute approximate surface area is 115 Å². The highest BCUT2D eigenvalue weighted by Crippen LogP contribution is 2.66. The first kappa shape index (κ1) is 12.4. The van der Waals surface area contributed by atoms with Gasteiger partial charge in [-0.2, -0.15) is 13.2 Å². The Bertz CT molecular complexity index is 539. The van der Waals surface area contributed by atoms with Crippen molar-refractivity contribution in [1.29, 1.82) is 0 Å². The Hall–Kier alpha value is -1.39. The van der Waals surface area contributed by atoms with Crippen LogP contribution >= 0.6 is 0 Å². The van der Waals surface area contributed by atoms with Gasteiger partial charge < -0.3 is 11.1 Å². The quantitative estimate of drug-likeness (QED) is 0.811. The van der Waals surface area contributed by atoms with Crippen molar-refractivity contribution in [2.75, 3.05) is 11.1 Å². The van der Waals surface area contributed by atoms with Gasteiger partial charge in [0.25, 0.3) is 0 Å². The van der Waals surface area contributed by atoms with Crippen molar-refractivity contribution in [2.24, 2.45) is 23.7 Å². The molecule has 3 fully saturated rings. The fraction of sp³-hybridized carbons (Fsp3) is 0.600. The molecule has 3 aliphatic rings. The fourth-order valence-electron chi connectivity index (χ4n) is 4.60. The normalized spacial score (nSPS) is 37.9. The van der Waals surface area contributed by atoms with Crippen LogP contribution in [0.3, 0.4) is 0 Å². The first-order valence-corrected chi connectivity index (χ1v) is 7.18. The summed E-state index contributed by atoms with van der Waals surface area (Å²) in [5.41, 5.74) is 5.02. The molecule has 1 aromatic rings. The Morgan fingerprint density at radius 2 is 1.75 bits per heavy atom. The van der Waals surface area contributed by atoms with Crippen molar-refractivity contribution < 1.29 is 13.2 Å². The summed E-state index contributed by atoms with van der Waals surface area (Å²) >= 11 is 0. The van der Waals surface area contributed by atoms with Crippen LogP contribution in [0.4, 0.5) is 24.5 Å². The zero-order valence-electron chi connectivity index (χ0n) is 11.0. The monoisotopic (exact) mass is 282 g/mol. The van der Waals surface area contributed by atoms with Crippen LogP contribution in [0, 0.1) is 23.7 Å². The van der Waals surface area contributed by atoms with Gasteiger partial charge in [-0.1, -0.05) is 0 Å². The maximum absolute atomic E-state index is 12.8. The van der Waals surface area contributed by atoms with Gasteiger partial charge in [0.15, 0.2) is 0 Å². The molecule has 5 heteroatoms. The van der Waals surface area contributed by atoms with Gasteiger partial charge in [-0.25, -0.2) is 0 Å². The molecule has 20 heavy (non-hydrogen) atoms. The van der Waals surface area contributed by atoms with E-state index in [4.69, 9.17) is 5.73 Å². The molecule has 0 aromatic heterocycles. The lowest BCUT2D eigenvalue weighted by atomic mass is 10.0. The van der Waals surface area contributed by atoms with Crippen LogP contribution < -0.4 is 11.1 Å². The van der Waals surface area contributed by atoms with E-state index in [1.54, 1.807) is 6.07 Å². The van der Waals surface area contributed by atoms with Crippen molar-refractivity contribution in [1.82, 2.24) is 0 Å². The molecular formula is C15H17F3N2. The van der Waals surface area contributed by atoms with Crippen molar-refractivity contribution in [2.45, 2.75) is 31.5 Å². The second kappa shape index (κ2) is 3.83. The van der Waals surface area contributed by atoms with Gasteiger partial charge >= 0.3 is 6.18 Å². The number of nitrogen functional groups attached to an aromatic ring is 1. The van der Waals surface area contributed by atoms with E-state index in [1.807, 2.05) is 0 Å². The second-order valence-corrected chi connectivity index (χ2v) is 6.46. The molecule has 108 valence electrons. The minimum absolute atomic E-state index is 0.209. The molecule has 0 saturated heterocycles. The molecule has 1 aromatic carbocycles. The maximum atomic E-state index is 12.8. The topological polar surface area (TPSA) is 38.0 Å². The summed E-state index contributed by atoms with van der Waals surface area (Å²) in [6, 6.07) is 4.52. The van der Waals surface area contributed by atoms with E-state index in [9.17, 15) is 13.2 Å². The third-order valence-corrected chi connectivity index (χ3v) is 5.43. The van der Waals surface area contributed by atoms with Gasteiger partial charge in [-0.15, -0.1) is 0 Å². The number of hydrogen-bond acceptors (Lipinski definition) is 2. The number of alkyl halides is 3. The largest absolute Gasteiger partial charge is 0.418 e. The third-order valence-electron chi connectivity index (χ3n) is 5.43. The number of rotatable bonds is 2. The van der Waals surface area contributed by atoms with Crippen LogP contribution in [0.1, 0.15) is 24.8 Å². The van der Waals surface area contributed by atoms with E-state index in [-0.39, 0.29) is 5.69 Å². The summed E-state index contributed by atoms with van der Waals surface area (Å²) < 4.78 is 38.5. The van der Waals surface area contributed by atoms with Crippen LogP contribution in [-0.2, 0) is 6.18 Å². The van der Waals surface area contributed by atoms with E-state index in [0.717, 1.165) is 17.9 Å². The zero-order valence-corrected chi connectivity index (χ0v) is 11.0. The minimum atomic E-state index is -4.39. The molecule has 3 saturated carbocycles. The molecule has 0 spiro atoms. The molecule has 0 radical (unpaired) electrons. The van der Waals surface area contributed by atoms with Crippen LogP contribution in [-0.4, -0.2) is 6.04 Å². The average molecular weight is 282 g/mol. The zero-order chi connectivity index (χ0) is 14.1. The van der Waals surface area contributed by atoms with Crippen LogP contribution in [0.2, 0.25) is 0 Å². The van der Waals surface area contributed by atoms with E-state index in [2.05, 4.69) is 5.32 Å². The van der Waals surface area contributed by atoms with Crippen molar-refractivity contribution in [3.63, 3.8) is 0 Å². The molecule has 2 nitrogen and oxygen atoms in total. The smallest absolute Gasteiger partial charge is 0.398 e. The Morgan fingerprint density at radius 3 is 2.35 bits per heavy atom. The van der Waals surface area contributed by atoms with Gasteiger partial charge in [-0.05, 0) is 61.1 Å². The van der Waals surface area contributed by atoms with Crippen LogP contribution in [0.25, 0.3) is 0 Å². The number of nitrogens with two attached hydrogens (primary N) is 1. The predicted molar refractivity (Wildman–Crippen MR) is 71.1 cm³/mol. The first-order chi connectivity index (χ1) is 9.45. The number of benzene rings is 1. The Balaban J connectivity index is 1.53. The average Bonchev–Trinajstić information content (AvgIpc) is 2.78. The lowest BCUT2D eigenvalue weighted by molar-refractivity contribution is -0.136. The molecule has 0 amide bonds. The van der Waals surface area contributed by atoms with Crippen LogP contribution in [0.5, 0.6) is 0 Å². The summed E-state index contributed by atoms with van der Waals surface area (Å²) in [7, 11) is 0. The molecule has 4 unspecified atom stereocenters. The second-order valence-electron chi connectivity index (χ2n) is 6.46. The van der Waals surface area contributed by atoms with E-state index < -0.39 is 11.7 Å². The van der Waals surface area contributed by atoms with E-state index in [1.165, 1.54) is 25.3 Å². The summed E-state index contributed by atoms with van der Waals surface area (Å²) in [4.78, 5) is 0. The van der Waals surface area contributed by atoms with Crippen LogP contribution in [0.15, 0.2) is 18.2 Å². The standard InChI is InChI=1S/C15H17F3N2/c16-15(17,18)10-6-9(3-4-11(10)19)20-14-12-7-1-2-8(5-7)13(12)14/h3-4,6-8,12-14,20H,1-2,5,19H2. The van der Waals surface area contributed by atoms with Crippen molar-refractivity contribution >= 4 is 11.4 Å². The molecular weight excluding hydrogens is 265 g/mol. The lowest BCUT2D eigenvalue weighted by Gasteiger charge is -2.15. The molecule has 0 heterocycles. The molecule has 3 N–H and O–H groups in total. The Morgan fingerprint density at radius 1 is 1.10 bits per heavy atom. The summed E-state index contributed by atoms with van der Waals surface area (Å²) in [5, 5.41) is 3.30. The highest BCUT2D eigenvalue weighted by atomic mass is 19.4. The number of hydrogen-bond donors (Lipinski definition) is 2. The first-order valence-electron chi connectivity index (χ1n) is 7.18. The Kier molecular flexibility index (Phi) is 2.37. The predicted octanol–water partition coefficient (Wildman–Crippen LogP) is 3.74. The highest BCUT2D eigenvalue weighted by Gasteiger charge is 2.65. The van der Waals surface area contributed by atoms with E-state index >= 15 is 0 Å². The number of anilines is 2. The summed E-state index contributed by atoms with van der Waals surface area (Å²) in [6.07, 6.45) is -0.442. The molecule has 4 atom stereocenters. The van der Waals surface area contributed by atoms with Gasteiger partial charge in [-0.3, -0.25) is 0 Å². The number of fused-ring (bicyclic) bond motifs is 5. The van der Waals surface area contributed by atoms with Gasteiger partial charge in [0.1, 0.15) is 0 Å². The van der Waals surface area contributed by atoms with Gasteiger partial charge in [0, 0.05) is 17.4 Å². The SMILES string of the molecule is Nc1ccc(NC2C3C4CCC(C4)C23)cc1C(F)(F)F. The van der Waals surface area contributed by atoms with Crippen molar-refractivity contribution in [3.05, 3.63) is 23.8 Å². The fourth-order valence-corrected chi connectivity index (χ4v) is 4.60. The summed E-state index contributed by atoms with van der Waals surface area (Å²) in [6.45, 7) is 0. The van der Waals surface area contributed by atoms with E-state index in [0.29, 0.717) is 23.6 Å². The maximum Gasteiger partial charge on any atom is 0.418 e. The molecule has 2 bridgehead atoms. The summed E-state index contributed by atoms with van der Waals surface area (Å²) in [5.74, 6) is 3.00. The van der Waals surface area contributed by atoms with Gasteiger partial charge in [0.05, 0.1) is 5.56 Å². The third kappa shape index (κ3) is 1.71. The highest BCUT2D eigenvalue weighted by molar-refractivity contribution is 5.59. The molecule has 4 rings (SSSR count). The number of halogens is 3. The molecule has 3 aliphatic carbocycles. The molecule has 0 aliphatic heterocycles. The van der Waals surface area contributed by atoms with Crippen molar-refractivity contribution in [3.8, 4) is 0 Å². The van der Waals surface area contributed by atoms with Gasteiger partial charge in [0.2, 0.25) is 0 Å². The number of nitrogens with one attached hydrogen (secondary N) is 1. The lowest BCUT2D eigenvalue weighted by Crippen LogP contribution is -2.14. The minimum Gasteiger partial charge on any atom is -0.398 e.